The highest BCUT2D eigenvalue weighted by Gasteiger charge is 2.42. The van der Waals surface area contributed by atoms with Crippen molar-refractivity contribution < 1.29 is 34.1 Å². The average Bonchev–Trinajstić information content (AvgIpc) is 3.67. The predicted molar refractivity (Wildman–Crippen MR) is 137 cm³/mol. The van der Waals surface area contributed by atoms with Crippen molar-refractivity contribution in [2.75, 3.05) is 26.8 Å². The van der Waals surface area contributed by atoms with Crippen LogP contribution in [-0.2, 0) is 9.59 Å². The maximum absolute atomic E-state index is 13.1. The van der Waals surface area contributed by atoms with Gasteiger partial charge in [-0.3, -0.25) is 14.4 Å². The molecular formula is C25H33IN2O7. The molecule has 0 saturated heterocycles. The molecule has 10 heteroatoms. The first-order valence-corrected chi connectivity index (χ1v) is 13.0. The van der Waals surface area contributed by atoms with Crippen molar-refractivity contribution in [2.24, 2.45) is 5.92 Å². The lowest BCUT2D eigenvalue weighted by Gasteiger charge is -2.41. The van der Waals surface area contributed by atoms with Crippen molar-refractivity contribution >= 4 is 40.7 Å². The van der Waals surface area contributed by atoms with Crippen molar-refractivity contribution in [3.05, 3.63) is 32.9 Å². The standard InChI is InChI=1S/C25H33IN2O7/c1-3-4-22(31)28(13-15-5-6-15)19-11-17(25(33)27-7-8-29)12-20(23(19)32)35-24-18(26)9-16(14-30)10-21(24)34-2/h9-10,12,14-15,19-20,23,29,32H,3-8,11,13H2,1-2H3,(H,27,33). The van der Waals surface area contributed by atoms with Crippen LogP contribution in [0.5, 0.6) is 11.5 Å². The van der Waals surface area contributed by atoms with E-state index in [4.69, 9.17) is 14.6 Å². The van der Waals surface area contributed by atoms with E-state index in [-0.39, 0.29) is 31.4 Å². The van der Waals surface area contributed by atoms with Gasteiger partial charge in [-0.2, -0.15) is 0 Å². The smallest absolute Gasteiger partial charge is 0.247 e. The van der Waals surface area contributed by atoms with E-state index in [1.165, 1.54) is 7.11 Å². The van der Waals surface area contributed by atoms with Crippen molar-refractivity contribution in [2.45, 2.75) is 57.3 Å². The summed E-state index contributed by atoms with van der Waals surface area (Å²) in [6, 6.07) is 2.54. The number of amides is 2. The SMILES string of the molecule is CCCC(=O)N(CC1CC1)C1CC(C(=O)NCCO)=CC(Oc2c(I)cc(C=O)cc2OC)C1O. The lowest BCUT2D eigenvalue weighted by Crippen LogP contribution is -2.55. The Morgan fingerprint density at radius 3 is 2.66 bits per heavy atom. The summed E-state index contributed by atoms with van der Waals surface area (Å²) in [6.07, 6.45) is 3.54. The molecule has 192 valence electrons. The fourth-order valence-electron chi connectivity index (χ4n) is 4.20. The molecule has 9 nitrogen and oxygen atoms in total. The second-order valence-electron chi connectivity index (χ2n) is 8.91. The number of aliphatic hydroxyl groups excluding tert-OH is 2. The number of halogens is 1. The van der Waals surface area contributed by atoms with Gasteiger partial charge >= 0.3 is 0 Å². The van der Waals surface area contributed by atoms with Crippen LogP contribution in [0.3, 0.4) is 0 Å². The summed E-state index contributed by atoms with van der Waals surface area (Å²) in [7, 11) is 1.46. The van der Waals surface area contributed by atoms with Crippen LogP contribution >= 0.6 is 22.6 Å². The number of aldehydes is 1. The largest absolute Gasteiger partial charge is 0.493 e. The first-order chi connectivity index (χ1) is 16.8. The Morgan fingerprint density at radius 1 is 1.31 bits per heavy atom. The van der Waals surface area contributed by atoms with Crippen molar-refractivity contribution in [1.29, 1.82) is 0 Å². The van der Waals surface area contributed by atoms with E-state index in [9.17, 15) is 19.5 Å². The van der Waals surface area contributed by atoms with E-state index < -0.39 is 18.2 Å². The van der Waals surface area contributed by atoms with Crippen LogP contribution in [0.1, 0.15) is 49.4 Å². The molecule has 0 aromatic heterocycles. The number of benzene rings is 1. The van der Waals surface area contributed by atoms with Gasteiger partial charge in [0, 0.05) is 37.1 Å². The van der Waals surface area contributed by atoms with Crippen LogP contribution in [0.4, 0.5) is 0 Å². The van der Waals surface area contributed by atoms with Gasteiger partial charge in [-0.05, 0) is 66.0 Å². The monoisotopic (exact) mass is 600 g/mol. The van der Waals surface area contributed by atoms with Gasteiger partial charge < -0.3 is 29.9 Å². The third kappa shape index (κ3) is 6.95. The van der Waals surface area contributed by atoms with Gasteiger partial charge in [0.05, 0.1) is 23.3 Å². The molecule has 2 aliphatic rings. The molecule has 2 amide bonds. The lowest BCUT2D eigenvalue weighted by molar-refractivity contribution is -0.139. The lowest BCUT2D eigenvalue weighted by atomic mass is 9.87. The van der Waals surface area contributed by atoms with Crippen LogP contribution < -0.4 is 14.8 Å². The fourth-order valence-corrected chi connectivity index (χ4v) is 4.95. The maximum atomic E-state index is 13.1. The molecule has 1 aromatic carbocycles. The van der Waals surface area contributed by atoms with Crippen molar-refractivity contribution in [3.63, 3.8) is 0 Å². The maximum Gasteiger partial charge on any atom is 0.247 e. The average molecular weight is 600 g/mol. The molecule has 2 aliphatic carbocycles. The van der Waals surface area contributed by atoms with Crippen molar-refractivity contribution in [3.8, 4) is 11.5 Å². The highest BCUT2D eigenvalue weighted by Crippen LogP contribution is 2.38. The molecule has 1 saturated carbocycles. The normalized spacial score (nSPS) is 21.6. The third-order valence-electron chi connectivity index (χ3n) is 6.19. The summed E-state index contributed by atoms with van der Waals surface area (Å²) >= 11 is 2.03. The second-order valence-corrected chi connectivity index (χ2v) is 10.1. The van der Waals surface area contributed by atoms with E-state index >= 15 is 0 Å². The Morgan fingerprint density at radius 2 is 2.06 bits per heavy atom. The minimum absolute atomic E-state index is 0.0540. The number of hydrogen-bond acceptors (Lipinski definition) is 7. The molecule has 0 aliphatic heterocycles. The zero-order valence-electron chi connectivity index (χ0n) is 20.0. The third-order valence-corrected chi connectivity index (χ3v) is 6.99. The summed E-state index contributed by atoms with van der Waals surface area (Å²) < 4.78 is 12.2. The number of methoxy groups -OCH3 is 1. The number of aliphatic hydroxyl groups is 2. The molecule has 3 unspecified atom stereocenters. The zero-order chi connectivity index (χ0) is 25.5. The number of rotatable bonds is 12. The topological polar surface area (TPSA) is 125 Å². The van der Waals surface area contributed by atoms with Gasteiger partial charge in [-0.25, -0.2) is 0 Å². The molecule has 0 radical (unpaired) electrons. The van der Waals surface area contributed by atoms with Gasteiger partial charge in [0.2, 0.25) is 11.8 Å². The van der Waals surface area contributed by atoms with Gasteiger partial charge in [-0.1, -0.05) is 6.92 Å². The van der Waals surface area contributed by atoms with Crippen LogP contribution in [0, 0.1) is 9.49 Å². The van der Waals surface area contributed by atoms with E-state index in [1.807, 2.05) is 29.5 Å². The molecule has 3 rings (SSSR count). The highest BCUT2D eigenvalue weighted by atomic mass is 127. The van der Waals surface area contributed by atoms with E-state index in [0.717, 1.165) is 12.8 Å². The molecule has 35 heavy (non-hydrogen) atoms. The van der Waals surface area contributed by atoms with Crippen LogP contribution in [-0.4, -0.2) is 78.3 Å². The van der Waals surface area contributed by atoms with Crippen LogP contribution in [0.2, 0.25) is 0 Å². The molecule has 0 bridgehead atoms. The number of carbonyl (C=O) groups is 3. The quantitative estimate of drug-likeness (QED) is 0.248. The van der Waals surface area contributed by atoms with Gasteiger partial charge in [0.25, 0.3) is 0 Å². The minimum Gasteiger partial charge on any atom is -0.493 e. The van der Waals surface area contributed by atoms with Crippen LogP contribution in [0.15, 0.2) is 23.8 Å². The fraction of sp³-hybridized carbons (Fsp3) is 0.560. The van der Waals surface area contributed by atoms with Gasteiger partial charge in [-0.15, -0.1) is 0 Å². The number of hydrogen-bond donors (Lipinski definition) is 3. The zero-order valence-corrected chi connectivity index (χ0v) is 22.2. The van der Waals surface area contributed by atoms with Crippen molar-refractivity contribution in [1.82, 2.24) is 10.2 Å². The summed E-state index contributed by atoms with van der Waals surface area (Å²) in [4.78, 5) is 38.9. The Kier molecular flexibility index (Phi) is 9.93. The first kappa shape index (κ1) is 27.4. The number of ether oxygens (including phenoxy) is 2. The highest BCUT2D eigenvalue weighted by molar-refractivity contribution is 14.1. The second kappa shape index (κ2) is 12.7. The number of nitrogens with one attached hydrogen (secondary N) is 1. The van der Waals surface area contributed by atoms with Gasteiger partial charge in [0.1, 0.15) is 18.5 Å². The molecule has 1 aromatic rings. The predicted octanol–water partition coefficient (Wildman–Crippen LogP) is 2.07. The Bertz CT molecular complexity index is 963. The summed E-state index contributed by atoms with van der Waals surface area (Å²) in [6.45, 7) is 2.36. The summed E-state index contributed by atoms with van der Waals surface area (Å²) in [5.41, 5.74) is 0.795. The molecule has 0 heterocycles. The Hall–Kier alpha value is -2.18. The summed E-state index contributed by atoms with van der Waals surface area (Å²) in [5.74, 6) is 0.628. The minimum atomic E-state index is -1.09. The summed E-state index contributed by atoms with van der Waals surface area (Å²) in [5, 5.41) is 23.2. The van der Waals surface area contributed by atoms with E-state index in [2.05, 4.69) is 5.32 Å². The molecule has 3 N–H and O–H groups in total. The molecule has 1 fully saturated rings. The van der Waals surface area contributed by atoms with Gasteiger partial charge in [0.15, 0.2) is 11.5 Å². The van der Waals surface area contributed by atoms with Crippen LogP contribution in [0.25, 0.3) is 0 Å². The molecular weight excluding hydrogens is 567 g/mol. The Labute approximate surface area is 219 Å². The number of nitrogens with zero attached hydrogens (tertiary/aromatic N) is 1. The first-order valence-electron chi connectivity index (χ1n) is 11.9. The number of carbonyl (C=O) groups excluding carboxylic acids is 3. The molecule has 3 atom stereocenters. The Balaban J connectivity index is 1.97. The molecule has 0 spiro atoms. The van der Waals surface area contributed by atoms with E-state index in [0.29, 0.717) is 57.8 Å². The van der Waals surface area contributed by atoms with E-state index in [1.54, 1.807) is 23.1 Å².